The summed E-state index contributed by atoms with van der Waals surface area (Å²) in [7, 11) is 0. The van der Waals surface area contributed by atoms with Crippen molar-refractivity contribution in [2.45, 2.75) is 39.2 Å². The standard InChI is InChI=1S/C16H17N5O3S/c1-3-23-16(22)12-8(2)11-13(18-7-19-15(11)25-12)17-6-10-20-21-14(24-10)9-4-5-9/h7,9H,3-6H2,1-2H3,(H,17,18,19). The first-order valence-corrected chi connectivity index (χ1v) is 8.96. The van der Waals surface area contributed by atoms with Crippen molar-refractivity contribution in [2.75, 3.05) is 11.9 Å². The van der Waals surface area contributed by atoms with Gasteiger partial charge in [-0.15, -0.1) is 21.5 Å². The lowest BCUT2D eigenvalue weighted by atomic mass is 10.2. The van der Waals surface area contributed by atoms with E-state index in [2.05, 4.69) is 25.5 Å². The van der Waals surface area contributed by atoms with E-state index in [1.54, 1.807) is 6.92 Å². The van der Waals surface area contributed by atoms with Crippen LogP contribution in [0.25, 0.3) is 10.2 Å². The molecule has 0 aromatic carbocycles. The van der Waals surface area contributed by atoms with Gasteiger partial charge >= 0.3 is 5.97 Å². The molecule has 3 aromatic heterocycles. The van der Waals surface area contributed by atoms with Crippen molar-refractivity contribution in [3.05, 3.63) is 28.5 Å². The largest absolute Gasteiger partial charge is 0.462 e. The van der Waals surface area contributed by atoms with E-state index in [-0.39, 0.29) is 5.97 Å². The van der Waals surface area contributed by atoms with Crippen LogP contribution >= 0.6 is 11.3 Å². The van der Waals surface area contributed by atoms with Crippen LogP contribution in [0.1, 0.15) is 52.7 Å². The number of thiophene rings is 1. The minimum Gasteiger partial charge on any atom is -0.462 e. The number of nitrogens with zero attached hydrogens (tertiary/aromatic N) is 4. The number of rotatable bonds is 6. The van der Waals surface area contributed by atoms with Crippen LogP contribution in [0.2, 0.25) is 0 Å². The second-order valence-electron chi connectivity index (χ2n) is 5.84. The first-order valence-electron chi connectivity index (χ1n) is 8.14. The van der Waals surface area contributed by atoms with Gasteiger partial charge in [0, 0.05) is 5.92 Å². The summed E-state index contributed by atoms with van der Waals surface area (Å²) in [4.78, 5) is 21.9. The van der Waals surface area contributed by atoms with Gasteiger partial charge in [0.1, 0.15) is 21.9 Å². The van der Waals surface area contributed by atoms with Crippen molar-refractivity contribution in [2.24, 2.45) is 0 Å². The molecular weight excluding hydrogens is 342 g/mol. The molecule has 1 aliphatic rings. The van der Waals surface area contributed by atoms with Crippen LogP contribution in [-0.4, -0.2) is 32.7 Å². The van der Waals surface area contributed by atoms with Crippen molar-refractivity contribution in [1.29, 1.82) is 0 Å². The third-order valence-corrected chi connectivity index (χ3v) is 5.18. The highest BCUT2D eigenvalue weighted by Gasteiger charge is 2.29. The summed E-state index contributed by atoms with van der Waals surface area (Å²) in [5.41, 5.74) is 0.811. The molecule has 25 heavy (non-hydrogen) atoms. The monoisotopic (exact) mass is 359 g/mol. The molecule has 1 aliphatic carbocycles. The third-order valence-electron chi connectivity index (χ3n) is 4.00. The number of aryl methyl sites for hydroxylation is 1. The number of esters is 1. The smallest absolute Gasteiger partial charge is 0.348 e. The molecule has 9 heteroatoms. The molecule has 0 bridgehead atoms. The second-order valence-corrected chi connectivity index (χ2v) is 6.84. The molecule has 0 atom stereocenters. The van der Waals surface area contributed by atoms with Gasteiger partial charge in [-0.05, 0) is 32.3 Å². The highest BCUT2D eigenvalue weighted by atomic mass is 32.1. The molecule has 4 rings (SSSR count). The minimum atomic E-state index is -0.333. The average Bonchev–Trinajstić information content (AvgIpc) is 3.25. The fraction of sp³-hybridized carbons (Fsp3) is 0.438. The van der Waals surface area contributed by atoms with E-state index in [9.17, 15) is 4.79 Å². The van der Waals surface area contributed by atoms with Gasteiger partial charge in [-0.2, -0.15) is 0 Å². The molecule has 0 spiro atoms. The summed E-state index contributed by atoms with van der Waals surface area (Å²) in [5.74, 6) is 1.96. The highest BCUT2D eigenvalue weighted by Crippen LogP contribution is 2.39. The number of fused-ring (bicyclic) bond motifs is 1. The molecule has 1 saturated carbocycles. The zero-order chi connectivity index (χ0) is 17.4. The number of carbonyl (C=O) groups excluding carboxylic acids is 1. The maximum atomic E-state index is 12.1. The Morgan fingerprint density at radius 1 is 1.40 bits per heavy atom. The van der Waals surface area contributed by atoms with Crippen molar-refractivity contribution in [3.63, 3.8) is 0 Å². The van der Waals surface area contributed by atoms with Gasteiger partial charge < -0.3 is 14.5 Å². The van der Waals surface area contributed by atoms with E-state index in [1.165, 1.54) is 17.7 Å². The van der Waals surface area contributed by atoms with Crippen LogP contribution in [0.15, 0.2) is 10.7 Å². The maximum Gasteiger partial charge on any atom is 0.348 e. The van der Waals surface area contributed by atoms with E-state index in [0.29, 0.717) is 41.5 Å². The Hall–Kier alpha value is -2.55. The fourth-order valence-electron chi connectivity index (χ4n) is 2.59. The number of anilines is 1. The molecule has 0 radical (unpaired) electrons. The highest BCUT2D eigenvalue weighted by molar-refractivity contribution is 7.20. The van der Waals surface area contributed by atoms with E-state index in [0.717, 1.165) is 28.6 Å². The Balaban J connectivity index is 1.59. The summed E-state index contributed by atoms with van der Waals surface area (Å²) in [6.45, 7) is 4.37. The first-order chi connectivity index (χ1) is 12.2. The summed E-state index contributed by atoms with van der Waals surface area (Å²) >= 11 is 1.31. The van der Waals surface area contributed by atoms with Crippen LogP contribution in [0.3, 0.4) is 0 Å². The molecule has 0 saturated heterocycles. The Labute approximate surface area is 147 Å². The summed E-state index contributed by atoms with van der Waals surface area (Å²) in [6, 6.07) is 0. The number of hydrogen-bond donors (Lipinski definition) is 1. The van der Waals surface area contributed by atoms with Gasteiger partial charge in [-0.25, -0.2) is 14.8 Å². The van der Waals surface area contributed by atoms with Crippen LogP contribution in [0, 0.1) is 6.92 Å². The molecule has 3 heterocycles. The molecule has 1 N–H and O–H groups in total. The predicted octanol–water partition coefficient (Wildman–Crippen LogP) is 3.05. The second kappa shape index (κ2) is 6.40. The van der Waals surface area contributed by atoms with Crippen LogP contribution in [-0.2, 0) is 11.3 Å². The first kappa shape index (κ1) is 15.9. The molecule has 0 unspecified atom stereocenters. The summed E-state index contributed by atoms with van der Waals surface area (Å²) in [5, 5.41) is 12.2. The number of nitrogens with one attached hydrogen (secondary N) is 1. The predicted molar refractivity (Wildman–Crippen MR) is 91.7 cm³/mol. The van der Waals surface area contributed by atoms with Crippen LogP contribution < -0.4 is 5.32 Å². The molecule has 0 aliphatic heterocycles. The fourth-order valence-corrected chi connectivity index (χ4v) is 3.63. The molecule has 0 amide bonds. The van der Waals surface area contributed by atoms with Crippen molar-refractivity contribution in [1.82, 2.24) is 20.2 Å². The van der Waals surface area contributed by atoms with E-state index >= 15 is 0 Å². The van der Waals surface area contributed by atoms with Gasteiger partial charge in [0.15, 0.2) is 0 Å². The number of aromatic nitrogens is 4. The number of carbonyl (C=O) groups is 1. The Kier molecular flexibility index (Phi) is 4.08. The molecule has 8 nitrogen and oxygen atoms in total. The Morgan fingerprint density at radius 2 is 2.24 bits per heavy atom. The topological polar surface area (TPSA) is 103 Å². The van der Waals surface area contributed by atoms with E-state index in [4.69, 9.17) is 9.15 Å². The SMILES string of the molecule is CCOC(=O)c1sc2ncnc(NCc3nnc(C4CC4)o3)c2c1C. The molecular formula is C16H17N5O3S. The van der Waals surface area contributed by atoms with Gasteiger partial charge in [-0.3, -0.25) is 0 Å². The van der Waals surface area contributed by atoms with Crippen molar-refractivity contribution in [3.8, 4) is 0 Å². The molecule has 1 fully saturated rings. The Morgan fingerprint density at radius 3 is 3.00 bits per heavy atom. The van der Waals surface area contributed by atoms with Gasteiger partial charge in [0.05, 0.1) is 18.5 Å². The average molecular weight is 359 g/mol. The lowest BCUT2D eigenvalue weighted by Gasteiger charge is -2.05. The third kappa shape index (κ3) is 3.07. The van der Waals surface area contributed by atoms with E-state index < -0.39 is 0 Å². The van der Waals surface area contributed by atoms with E-state index in [1.807, 2.05) is 6.92 Å². The minimum absolute atomic E-state index is 0.333. The molecule has 130 valence electrons. The van der Waals surface area contributed by atoms with Gasteiger partial charge in [0.2, 0.25) is 11.8 Å². The summed E-state index contributed by atoms with van der Waals surface area (Å²) < 4.78 is 10.8. The van der Waals surface area contributed by atoms with Gasteiger partial charge in [-0.1, -0.05) is 0 Å². The Bertz CT molecular complexity index is 931. The summed E-state index contributed by atoms with van der Waals surface area (Å²) in [6.07, 6.45) is 3.71. The van der Waals surface area contributed by atoms with Crippen LogP contribution in [0.5, 0.6) is 0 Å². The molecule has 3 aromatic rings. The number of hydrogen-bond acceptors (Lipinski definition) is 9. The zero-order valence-corrected chi connectivity index (χ0v) is 14.7. The maximum absolute atomic E-state index is 12.1. The lowest BCUT2D eigenvalue weighted by Crippen LogP contribution is -2.04. The van der Waals surface area contributed by atoms with Gasteiger partial charge in [0.25, 0.3) is 0 Å². The number of ether oxygens (including phenoxy) is 1. The van der Waals surface area contributed by atoms with Crippen molar-refractivity contribution < 1.29 is 13.9 Å². The lowest BCUT2D eigenvalue weighted by molar-refractivity contribution is 0.0531. The quantitative estimate of drug-likeness (QED) is 0.670. The zero-order valence-electron chi connectivity index (χ0n) is 13.9. The van der Waals surface area contributed by atoms with Crippen molar-refractivity contribution >= 4 is 33.3 Å². The normalized spacial score (nSPS) is 14.0. The van der Waals surface area contributed by atoms with Crippen LogP contribution in [0.4, 0.5) is 5.82 Å².